The molecular formula is C29H28N2O2. The maximum absolute atomic E-state index is 11.3. The first-order chi connectivity index (χ1) is 16.1. The van der Waals surface area contributed by atoms with Crippen LogP contribution in [0.1, 0.15) is 28.4 Å². The summed E-state index contributed by atoms with van der Waals surface area (Å²) in [6.45, 7) is 1.92. The molecule has 4 rings (SSSR count). The molecule has 0 amide bonds. The third-order valence-corrected chi connectivity index (χ3v) is 5.60. The molecule has 4 aromatic rings. The lowest BCUT2D eigenvalue weighted by atomic mass is 10.00. The largest absolute Gasteiger partial charge is 0.473 e. The van der Waals surface area contributed by atoms with E-state index in [0.717, 1.165) is 23.5 Å². The number of ether oxygens (including phenoxy) is 1. The third kappa shape index (κ3) is 6.01. The molecule has 166 valence electrons. The number of hydrogen-bond donors (Lipinski definition) is 2. The number of Topliss-reactive ketones (excluding diaryl/α,β-unsaturated/α-hetero) is 1. The molecule has 0 bridgehead atoms. The van der Waals surface area contributed by atoms with Gasteiger partial charge in [-0.25, -0.2) is 0 Å². The Morgan fingerprint density at radius 3 is 1.76 bits per heavy atom. The molecule has 4 aromatic carbocycles. The summed E-state index contributed by atoms with van der Waals surface area (Å²) in [5.41, 5.74) is 7.67. The fraction of sp³-hybridized carbons (Fsp3) is 0.138. The average Bonchev–Trinajstić information content (AvgIpc) is 2.86. The molecule has 4 heteroatoms. The Morgan fingerprint density at radius 1 is 0.697 bits per heavy atom. The highest BCUT2D eigenvalue weighted by Gasteiger charge is 2.02. The van der Waals surface area contributed by atoms with E-state index in [1.165, 1.54) is 22.3 Å². The summed E-state index contributed by atoms with van der Waals surface area (Å²) in [6, 6.07) is 32.7. The number of rotatable bonds is 9. The Labute approximate surface area is 195 Å². The van der Waals surface area contributed by atoms with E-state index in [4.69, 9.17) is 4.74 Å². The number of carbonyl (C=O) groups is 1. The van der Waals surface area contributed by atoms with Crippen LogP contribution in [0.25, 0.3) is 11.1 Å². The molecule has 0 heterocycles. The molecule has 0 aromatic heterocycles. The molecule has 0 unspecified atom stereocenters. The van der Waals surface area contributed by atoms with Crippen molar-refractivity contribution in [2.45, 2.75) is 13.3 Å². The normalized spacial score (nSPS) is 10.5. The van der Waals surface area contributed by atoms with Gasteiger partial charge >= 0.3 is 0 Å². The van der Waals surface area contributed by atoms with E-state index < -0.39 is 0 Å². The lowest BCUT2D eigenvalue weighted by Crippen LogP contribution is -2.08. The summed E-state index contributed by atoms with van der Waals surface area (Å²) in [5.74, 6) is 0.875. The van der Waals surface area contributed by atoms with Crippen LogP contribution in [0.3, 0.4) is 0 Å². The Hall–Kier alpha value is -4.05. The van der Waals surface area contributed by atoms with Crippen LogP contribution in [0.2, 0.25) is 0 Å². The van der Waals surface area contributed by atoms with Crippen molar-refractivity contribution in [3.8, 4) is 16.9 Å². The summed E-state index contributed by atoms with van der Waals surface area (Å²) >= 11 is 0. The maximum atomic E-state index is 11.3. The first-order valence-corrected chi connectivity index (χ1v) is 11.0. The molecule has 0 aliphatic carbocycles. The SMILES string of the molecule is CNc1ccc(-c2ccc(Cc3ccc(OCNc4ccc(C(C)=O)cc4)cc3)cc2)cc1. The zero-order valence-electron chi connectivity index (χ0n) is 19.0. The number of nitrogens with one attached hydrogen (secondary N) is 2. The van der Waals surface area contributed by atoms with Crippen molar-refractivity contribution < 1.29 is 9.53 Å². The molecule has 0 radical (unpaired) electrons. The number of carbonyl (C=O) groups excluding carboxylic acids is 1. The van der Waals surface area contributed by atoms with Gasteiger partial charge < -0.3 is 15.4 Å². The van der Waals surface area contributed by atoms with Gasteiger partial charge in [-0.15, -0.1) is 0 Å². The van der Waals surface area contributed by atoms with Gasteiger partial charge in [0.15, 0.2) is 12.5 Å². The van der Waals surface area contributed by atoms with E-state index in [1.807, 2.05) is 43.4 Å². The van der Waals surface area contributed by atoms with E-state index in [-0.39, 0.29) is 5.78 Å². The van der Waals surface area contributed by atoms with Gasteiger partial charge in [-0.05, 0) is 84.1 Å². The van der Waals surface area contributed by atoms with Gasteiger partial charge in [0.25, 0.3) is 0 Å². The second kappa shape index (κ2) is 10.5. The highest BCUT2D eigenvalue weighted by Crippen LogP contribution is 2.23. The molecule has 0 aliphatic heterocycles. The maximum Gasteiger partial charge on any atom is 0.159 e. The smallest absolute Gasteiger partial charge is 0.159 e. The van der Waals surface area contributed by atoms with E-state index in [9.17, 15) is 4.79 Å². The van der Waals surface area contributed by atoms with Crippen molar-refractivity contribution in [2.24, 2.45) is 0 Å². The second-order valence-corrected chi connectivity index (χ2v) is 7.94. The monoisotopic (exact) mass is 436 g/mol. The molecule has 33 heavy (non-hydrogen) atoms. The van der Waals surface area contributed by atoms with Crippen molar-refractivity contribution in [1.82, 2.24) is 0 Å². The lowest BCUT2D eigenvalue weighted by molar-refractivity contribution is 0.101. The summed E-state index contributed by atoms with van der Waals surface area (Å²) in [7, 11) is 1.93. The number of ketones is 1. The van der Waals surface area contributed by atoms with E-state index in [0.29, 0.717) is 12.3 Å². The molecule has 0 saturated carbocycles. The molecule has 0 spiro atoms. The Bertz CT molecular complexity index is 1180. The molecule has 0 atom stereocenters. The quantitative estimate of drug-likeness (QED) is 0.228. The van der Waals surface area contributed by atoms with Crippen LogP contribution in [0.5, 0.6) is 5.75 Å². The van der Waals surface area contributed by atoms with Crippen molar-refractivity contribution in [2.75, 3.05) is 24.4 Å². The highest BCUT2D eigenvalue weighted by molar-refractivity contribution is 5.94. The summed E-state index contributed by atoms with van der Waals surface area (Å²) in [5, 5.41) is 6.35. The first-order valence-electron chi connectivity index (χ1n) is 11.0. The van der Waals surface area contributed by atoms with Crippen LogP contribution in [0, 0.1) is 0 Å². The third-order valence-electron chi connectivity index (χ3n) is 5.60. The predicted octanol–water partition coefficient (Wildman–Crippen LogP) is 6.64. The lowest BCUT2D eigenvalue weighted by Gasteiger charge is -2.10. The van der Waals surface area contributed by atoms with Crippen LogP contribution < -0.4 is 15.4 Å². The molecule has 4 nitrogen and oxygen atoms in total. The molecular weight excluding hydrogens is 408 g/mol. The van der Waals surface area contributed by atoms with Gasteiger partial charge in [0.1, 0.15) is 5.75 Å². The number of benzene rings is 4. The van der Waals surface area contributed by atoms with Gasteiger partial charge in [-0.3, -0.25) is 4.79 Å². The van der Waals surface area contributed by atoms with Crippen LogP contribution in [0.15, 0.2) is 97.1 Å². The van der Waals surface area contributed by atoms with Gasteiger partial charge in [0, 0.05) is 24.0 Å². The van der Waals surface area contributed by atoms with Crippen molar-refractivity contribution in [1.29, 1.82) is 0 Å². The van der Waals surface area contributed by atoms with Gasteiger partial charge in [-0.1, -0.05) is 48.5 Å². The summed E-state index contributed by atoms with van der Waals surface area (Å²) < 4.78 is 5.79. The standard InChI is InChI=1S/C29H28N2O2/c1-21(32)24-9-15-28(16-10-24)31-20-33-29-17-5-23(6-18-29)19-22-3-7-25(8-4-22)26-11-13-27(30-2)14-12-26/h3-18,30-31H,19-20H2,1-2H3. The predicted molar refractivity (Wildman–Crippen MR) is 136 cm³/mol. The molecule has 0 saturated heterocycles. The summed E-state index contributed by atoms with van der Waals surface area (Å²) in [4.78, 5) is 11.3. The Morgan fingerprint density at radius 2 is 1.21 bits per heavy atom. The Kier molecular flexibility index (Phi) is 7.06. The fourth-order valence-corrected chi connectivity index (χ4v) is 3.61. The molecule has 0 aliphatic rings. The fourth-order valence-electron chi connectivity index (χ4n) is 3.61. The van der Waals surface area contributed by atoms with Crippen LogP contribution in [-0.2, 0) is 6.42 Å². The number of anilines is 2. The zero-order chi connectivity index (χ0) is 23.0. The number of hydrogen-bond acceptors (Lipinski definition) is 4. The van der Waals surface area contributed by atoms with E-state index in [1.54, 1.807) is 6.92 Å². The second-order valence-electron chi connectivity index (χ2n) is 7.94. The highest BCUT2D eigenvalue weighted by atomic mass is 16.5. The van der Waals surface area contributed by atoms with Crippen molar-refractivity contribution in [3.63, 3.8) is 0 Å². The zero-order valence-corrected chi connectivity index (χ0v) is 19.0. The van der Waals surface area contributed by atoms with Gasteiger partial charge in [0.2, 0.25) is 0 Å². The van der Waals surface area contributed by atoms with E-state index in [2.05, 4.69) is 71.3 Å². The minimum absolute atomic E-state index is 0.0632. The molecule has 2 N–H and O–H groups in total. The summed E-state index contributed by atoms with van der Waals surface area (Å²) in [6.07, 6.45) is 0.875. The Balaban J connectivity index is 1.28. The van der Waals surface area contributed by atoms with Gasteiger partial charge in [-0.2, -0.15) is 0 Å². The van der Waals surface area contributed by atoms with Crippen LogP contribution in [0.4, 0.5) is 11.4 Å². The average molecular weight is 437 g/mol. The van der Waals surface area contributed by atoms with Gasteiger partial charge in [0.05, 0.1) is 0 Å². The van der Waals surface area contributed by atoms with Crippen molar-refractivity contribution >= 4 is 17.2 Å². The minimum atomic E-state index is 0.0632. The first kappa shape index (κ1) is 22.2. The minimum Gasteiger partial charge on any atom is -0.473 e. The van der Waals surface area contributed by atoms with Crippen LogP contribution >= 0.6 is 0 Å². The topological polar surface area (TPSA) is 50.4 Å². The van der Waals surface area contributed by atoms with E-state index >= 15 is 0 Å². The molecule has 0 fully saturated rings. The van der Waals surface area contributed by atoms with Crippen molar-refractivity contribution in [3.05, 3.63) is 114 Å². The van der Waals surface area contributed by atoms with Crippen LogP contribution in [-0.4, -0.2) is 19.6 Å².